The lowest BCUT2D eigenvalue weighted by atomic mass is 10.1. The van der Waals surface area contributed by atoms with Crippen molar-refractivity contribution in [3.05, 3.63) is 34.5 Å². The van der Waals surface area contributed by atoms with E-state index in [9.17, 15) is 40.5 Å². The number of aliphatic hydroxyl groups is 3. The number of ether oxygens (including phenoxy) is 3. The van der Waals surface area contributed by atoms with Crippen molar-refractivity contribution in [2.24, 2.45) is 0 Å². The number of phenols is 4. The number of aliphatic hydroxyl groups excluding tert-OH is 3. The van der Waals surface area contributed by atoms with E-state index in [1.807, 2.05) is 0 Å². The van der Waals surface area contributed by atoms with E-state index in [0.717, 1.165) is 18.2 Å². The van der Waals surface area contributed by atoms with Gasteiger partial charge in [-0.05, 0) is 18.2 Å². The second-order valence-electron chi connectivity index (χ2n) is 7.31. The average molecular weight is 464 g/mol. The molecule has 12 heteroatoms. The molecule has 4 rings (SSSR count). The van der Waals surface area contributed by atoms with Gasteiger partial charge in [-0.1, -0.05) is 0 Å². The molecule has 33 heavy (non-hydrogen) atoms. The number of phenolic OH excluding ortho intramolecular Hbond substituents is 4. The fourth-order valence-corrected chi connectivity index (χ4v) is 3.41. The maximum absolute atomic E-state index is 13.3. The molecule has 0 bridgehead atoms. The van der Waals surface area contributed by atoms with Gasteiger partial charge in [0.2, 0.25) is 23.2 Å². The van der Waals surface area contributed by atoms with Crippen LogP contribution in [0.4, 0.5) is 0 Å². The number of hydrogen-bond acceptors (Lipinski definition) is 12. The van der Waals surface area contributed by atoms with E-state index in [2.05, 4.69) is 0 Å². The molecule has 1 aliphatic rings. The summed E-state index contributed by atoms with van der Waals surface area (Å²) < 4.78 is 21.3. The van der Waals surface area contributed by atoms with E-state index in [0.29, 0.717) is 0 Å². The molecule has 4 atom stereocenters. The second kappa shape index (κ2) is 8.33. The molecule has 176 valence electrons. The third-order valence-electron chi connectivity index (χ3n) is 5.19. The van der Waals surface area contributed by atoms with Crippen LogP contribution in [0.25, 0.3) is 22.3 Å². The van der Waals surface area contributed by atoms with E-state index in [1.165, 1.54) is 13.2 Å². The minimum atomic E-state index is -1.76. The van der Waals surface area contributed by atoms with Crippen LogP contribution in [0.5, 0.6) is 34.5 Å². The van der Waals surface area contributed by atoms with Gasteiger partial charge in [0, 0.05) is 11.6 Å². The Hall–Kier alpha value is -3.71. The molecule has 0 spiro atoms. The smallest absolute Gasteiger partial charge is 0.239 e. The van der Waals surface area contributed by atoms with Gasteiger partial charge in [0.15, 0.2) is 28.6 Å². The zero-order valence-corrected chi connectivity index (χ0v) is 17.0. The van der Waals surface area contributed by atoms with Crippen LogP contribution < -0.4 is 14.9 Å². The third-order valence-corrected chi connectivity index (χ3v) is 5.19. The largest absolute Gasteiger partial charge is 0.507 e. The molecule has 1 saturated heterocycles. The van der Waals surface area contributed by atoms with Gasteiger partial charge < -0.3 is 54.4 Å². The van der Waals surface area contributed by atoms with Gasteiger partial charge in [0.05, 0.1) is 13.7 Å². The molecule has 1 fully saturated rings. The molecular weight excluding hydrogens is 444 g/mol. The quantitative estimate of drug-likeness (QED) is 0.203. The lowest BCUT2D eigenvalue weighted by Crippen LogP contribution is -2.55. The number of methoxy groups -OCH3 is 1. The number of rotatable bonds is 4. The van der Waals surface area contributed by atoms with Crippen LogP contribution in [0.2, 0.25) is 0 Å². The molecule has 2 aromatic carbocycles. The number of benzene rings is 2. The Labute approximate surface area is 184 Å². The van der Waals surface area contributed by atoms with Crippen molar-refractivity contribution in [2.75, 3.05) is 13.7 Å². The first-order valence-corrected chi connectivity index (χ1v) is 9.58. The summed E-state index contributed by atoms with van der Waals surface area (Å²) in [6.45, 7) is -0.416. The van der Waals surface area contributed by atoms with Crippen LogP contribution >= 0.6 is 0 Å². The van der Waals surface area contributed by atoms with E-state index < -0.39 is 76.4 Å². The zero-order valence-electron chi connectivity index (χ0n) is 17.0. The standard InChI is InChI=1S/C21H20O12/c1-30-12-5-10(24)13-16(28)20(33-21-17(29)14(26)11(25)6-31-21)18(32-19(13)15(12)27)7-2-3-8(22)9(23)4-7/h2-5,11,14,17,21-27,29H,6H2,1H3/t11-,14+,17-,21+/m1/s1. The van der Waals surface area contributed by atoms with E-state index in [4.69, 9.17) is 18.6 Å². The highest BCUT2D eigenvalue weighted by Gasteiger charge is 2.40. The minimum absolute atomic E-state index is 0.00638. The monoisotopic (exact) mass is 464 g/mol. The number of fused-ring (bicyclic) bond motifs is 1. The summed E-state index contributed by atoms with van der Waals surface area (Å²) in [5.41, 5.74) is -1.45. The first-order valence-electron chi connectivity index (χ1n) is 9.58. The molecule has 0 aliphatic carbocycles. The first kappa shape index (κ1) is 22.5. The Morgan fingerprint density at radius 1 is 0.970 bits per heavy atom. The van der Waals surface area contributed by atoms with Gasteiger partial charge in [-0.3, -0.25) is 4.79 Å². The van der Waals surface area contributed by atoms with Crippen molar-refractivity contribution in [1.29, 1.82) is 0 Å². The van der Waals surface area contributed by atoms with Crippen molar-refractivity contribution < 1.29 is 54.4 Å². The molecular formula is C21H20O12. The van der Waals surface area contributed by atoms with Crippen LogP contribution in [0.1, 0.15) is 0 Å². The van der Waals surface area contributed by atoms with Gasteiger partial charge in [0.1, 0.15) is 29.4 Å². The summed E-state index contributed by atoms with van der Waals surface area (Å²) in [5, 5.41) is 69.6. The van der Waals surface area contributed by atoms with E-state index >= 15 is 0 Å². The van der Waals surface area contributed by atoms with E-state index in [1.54, 1.807) is 0 Å². The van der Waals surface area contributed by atoms with Crippen LogP contribution in [-0.2, 0) is 4.74 Å². The predicted molar refractivity (Wildman–Crippen MR) is 110 cm³/mol. The summed E-state index contributed by atoms with van der Waals surface area (Å²) in [6, 6.07) is 4.39. The zero-order chi connectivity index (χ0) is 24.0. The summed E-state index contributed by atoms with van der Waals surface area (Å²) in [7, 11) is 1.22. The fraction of sp³-hybridized carbons (Fsp3) is 0.286. The van der Waals surface area contributed by atoms with Crippen molar-refractivity contribution >= 4 is 11.0 Å². The Bertz CT molecular complexity index is 1270. The first-order chi connectivity index (χ1) is 15.6. The highest BCUT2D eigenvalue weighted by atomic mass is 16.7. The lowest BCUT2D eigenvalue weighted by molar-refractivity contribution is -0.242. The summed E-state index contributed by atoms with van der Waals surface area (Å²) >= 11 is 0. The topological polar surface area (TPSA) is 200 Å². The molecule has 0 amide bonds. The van der Waals surface area contributed by atoms with Crippen LogP contribution in [-0.4, -0.2) is 74.1 Å². The third kappa shape index (κ3) is 3.74. The Morgan fingerprint density at radius 3 is 2.36 bits per heavy atom. The van der Waals surface area contributed by atoms with Crippen LogP contribution in [0.3, 0.4) is 0 Å². The molecule has 12 nitrogen and oxygen atoms in total. The maximum Gasteiger partial charge on any atom is 0.239 e. The molecule has 0 radical (unpaired) electrons. The SMILES string of the molecule is COc1cc(O)c2c(=O)c(O[C@@H]3OC[C@@H](O)[C@H](O)[C@H]3O)c(-c3ccc(O)c(O)c3)oc2c1O. The van der Waals surface area contributed by atoms with Crippen molar-refractivity contribution in [2.45, 2.75) is 24.6 Å². The second-order valence-corrected chi connectivity index (χ2v) is 7.31. The summed E-state index contributed by atoms with van der Waals surface area (Å²) in [5.74, 6) is -3.42. The average Bonchev–Trinajstić information content (AvgIpc) is 2.79. The Kier molecular flexibility index (Phi) is 5.68. The molecule has 7 N–H and O–H groups in total. The van der Waals surface area contributed by atoms with Crippen molar-refractivity contribution in [3.8, 4) is 45.8 Å². The summed E-state index contributed by atoms with van der Waals surface area (Å²) in [4.78, 5) is 13.3. The van der Waals surface area contributed by atoms with Gasteiger partial charge in [0.25, 0.3) is 0 Å². The Morgan fingerprint density at radius 2 is 1.70 bits per heavy atom. The minimum Gasteiger partial charge on any atom is -0.507 e. The van der Waals surface area contributed by atoms with Gasteiger partial charge in [-0.25, -0.2) is 0 Å². The maximum atomic E-state index is 13.3. The molecule has 0 saturated carbocycles. The molecule has 1 aromatic heterocycles. The molecule has 2 heterocycles. The Balaban J connectivity index is 1.97. The molecule has 1 aliphatic heterocycles. The lowest BCUT2D eigenvalue weighted by Gasteiger charge is -2.34. The van der Waals surface area contributed by atoms with Crippen LogP contribution in [0, 0.1) is 0 Å². The van der Waals surface area contributed by atoms with E-state index in [-0.39, 0.29) is 17.1 Å². The van der Waals surface area contributed by atoms with Gasteiger partial charge in [-0.2, -0.15) is 0 Å². The van der Waals surface area contributed by atoms with Crippen molar-refractivity contribution in [1.82, 2.24) is 0 Å². The number of aromatic hydroxyl groups is 4. The fourth-order valence-electron chi connectivity index (χ4n) is 3.41. The highest BCUT2D eigenvalue weighted by molar-refractivity contribution is 5.93. The normalized spacial score (nSPS) is 22.9. The summed E-state index contributed by atoms with van der Waals surface area (Å²) in [6.07, 6.45) is -6.42. The van der Waals surface area contributed by atoms with Crippen LogP contribution in [0.15, 0.2) is 33.5 Å². The predicted octanol–water partition coefficient (Wildman–Crippen LogP) is 0.109. The van der Waals surface area contributed by atoms with Gasteiger partial charge >= 0.3 is 0 Å². The van der Waals surface area contributed by atoms with Gasteiger partial charge in [-0.15, -0.1) is 0 Å². The highest BCUT2D eigenvalue weighted by Crippen LogP contribution is 2.43. The number of hydrogen-bond donors (Lipinski definition) is 7. The molecule has 0 unspecified atom stereocenters. The molecule has 3 aromatic rings. The van der Waals surface area contributed by atoms with Crippen molar-refractivity contribution in [3.63, 3.8) is 0 Å².